The molecule has 1 aliphatic rings. The van der Waals surface area contributed by atoms with Crippen LogP contribution in [-0.4, -0.2) is 29.6 Å². The Morgan fingerprint density at radius 2 is 2.55 bits per heavy atom. The minimum absolute atomic E-state index is 0.0995. The zero-order valence-corrected chi connectivity index (χ0v) is 6.55. The number of carbonyl (C=O) groups excluding carboxylic acids is 1. The minimum atomic E-state index is -0.870. The second-order valence-electron chi connectivity index (χ2n) is 2.86. The van der Waals surface area contributed by atoms with Crippen LogP contribution in [-0.2, 0) is 4.79 Å². The van der Waals surface area contributed by atoms with Crippen LogP contribution in [0, 0.1) is 6.92 Å². The summed E-state index contributed by atoms with van der Waals surface area (Å²) >= 11 is 0. The number of Topliss-reactive ketones (excluding diaryl/α,β-unsaturated/α-hetero) is 1. The van der Waals surface area contributed by atoms with Gasteiger partial charge in [-0.3, -0.25) is 4.79 Å². The molecule has 0 aromatic carbocycles. The van der Waals surface area contributed by atoms with Crippen molar-refractivity contribution in [3.05, 3.63) is 6.92 Å². The van der Waals surface area contributed by atoms with Gasteiger partial charge in [-0.15, -0.1) is 0 Å². The summed E-state index contributed by atoms with van der Waals surface area (Å²) < 4.78 is 0. The standard InChI is InChI=1S/C8H14NO2/c1-2-7(10)8(11)6-4-3-5-9-6/h6-7,9-10H,1-5H2/t6-,7?/m1/s1. The van der Waals surface area contributed by atoms with E-state index in [1.54, 1.807) is 0 Å². The van der Waals surface area contributed by atoms with Gasteiger partial charge in [0.25, 0.3) is 0 Å². The van der Waals surface area contributed by atoms with Crippen LogP contribution in [0.15, 0.2) is 0 Å². The van der Waals surface area contributed by atoms with Gasteiger partial charge in [0.2, 0.25) is 0 Å². The van der Waals surface area contributed by atoms with Crippen molar-refractivity contribution in [1.29, 1.82) is 0 Å². The van der Waals surface area contributed by atoms with Gasteiger partial charge in [0.05, 0.1) is 6.04 Å². The Labute approximate surface area is 66.8 Å². The summed E-state index contributed by atoms with van der Waals surface area (Å²) in [4.78, 5) is 11.2. The molecule has 2 N–H and O–H groups in total. The molecule has 0 amide bonds. The van der Waals surface area contributed by atoms with E-state index in [2.05, 4.69) is 12.2 Å². The zero-order valence-electron chi connectivity index (χ0n) is 6.55. The molecule has 3 nitrogen and oxygen atoms in total. The van der Waals surface area contributed by atoms with Gasteiger partial charge >= 0.3 is 0 Å². The topological polar surface area (TPSA) is 49.3 Å². The van der Waals surface area contributed by atoms with Crippen LogP contribution in [0.3, 0.4) is 0 Å². The average Bonchev–Trinajstić information content (AvgIpc) is 2.53. The molecule has 0 spiro atoms. The first kappa shape index (κ1) is 8.68. The lowest BCUT2D eigenvalue weighted by atomic mass is 10.0. The molecular weight excluding hydrogens is 142 g/mol. The van der Waals surface area contributed by atoms with Crippen molar-refractivity contribution < 1.29 is 9.90 Å². The maximum Gasteiger partial charge on any atom is 0.178 e. The van der Waals surface area contributed by atoms with E-state index >= 15 is 0 Å². The summed E-state index contributed by atoms with van der Waals surface area (Å²) in [5.74, 6) is -0.0995. The Bertz CT molecular complexity index is 141. The molecule has 3 heteroatoms. The molecule has 63 valence electrons. The van der Waals surface area contributed by atoms with Crippen LogP contribution in [0.1, 0.15) is 19.3 Å². The van der Waals surface area contributed by atoms with Crippen molar-refractivity contribution in [1.82, 2.24) is 5.32 Å². The van der Waals surface area contributed by atoms with Gasteiger partial charge in [-0.25, -0.2) is 0 Å². The highest BCUT2D eigenvalue weighted by Crippen LogP contribution is 2.08. The number of nitrogens with one attached hydrogen (secondary N) is 1. The molecule has 0 aliphatic carbocycles. The van der Waals surface area contributed by atoms with Crippen molar-refractivity contribution in [3.63, 3.8) is 0 Å². The number of rotatable bonds is 3. The molecule has 2 atom stereocenters. The smallest absolute Gasteiger partial charge is 0.178 e. The van der Waals surface area contributed by atoms with E-state index in [1.807, 2.05) is 0 Å². The number of aliphatic hydroxyl groups excluding tert-OH is 1. The van der Waals surface area contributed by atoms with E-state index < -0.39 is 6.10 Å². The van der Waals surface area contributed by atoms with Crippen molar-refractivity contribution >= 4 is 5.78 Å². The second kappa shape index (κ2) is 3.83. The molecule has 0 saturated carbocycles. The van der Waals surface area contributed by atoms with Gasteiger partial charge in [-0.1, -0.05) is 6.92 Å². The summed E-state index contributed by atoms with van der Waals surface area (Å²) in [5.41, 5.74) is 0. The molecule has 1 saturated heterocycles. The monoisotopic (exact) mass is 156 g/mol. The minimum Gasteiger partial charge on any atom is -0.385 e. The summed E-state index contributed by atoms with van der Waals surface area (Å²) in [5, 5.41) is 12.2. The number of carbonyl (C=O) groups is 1. The van der Waals surface area contributed by atoms with Crippen molar-refractivity contribution in [2.45, 2.75) is 31.4 Å². The number of hydrogen-bond donors (Lipinski definition) is 2. The van der Waals surface area contributed by atoms with Crippen molar-refractivity contribution in [2.75, 3.05) is 6.54 Å². The molecule has 1 radical (unpaired) electrons. The number of hydrogen-bond acceptors (Lipinski definition) is 3. The van der Waals surface area contributed by atoms with E-state index in [-0.39, 0.29) is 18.2 Å². The molecule has 1 fully saturated rings. The first-order valence-electron chi connectivity index (χ1n) is 4.00. The van der Waals surface area contributed by atoms with Gasteiger partial charge in [0, 0.05) is 0 Å². The van der Waals surface area contributed by atoms with E-state index in [0.717, 1.165) is 19.4 Å². The molecule has 1 aliphatic heterocycles. The Morgan fingerprint density at radius 1 is 1.82 bits per heavy atom. The predicted molar refractivity (Wildman–Crippen MR) is 42.0 cm³/mol. The highest BCUT2D eigenvalue weighted by molar-refractivity contribution is 5.88. The Hall–Kier alpha value is -0.410. The first-order valence-corrected chi connectivity index (χ1v) is 4.00. The largest absolute Gasteiger partial charge is 0.385 e. The SMILES string of the molecule is [CH2]CC(O)C(=O)[C@H]1CCCN1. The fraction of sp³-hybridized carbons (Fsp3) is 0.750. The van der Waals surface area contributed by atoms with E-state index in [1.165, 1.54) is 0 Å². The fourth-order valence-electron chi connectivity index (χ4n) is 1.30. The molecule has 0 aromatic heterocycles. The number of aliphatic hydroxyl groups is 1. The lowest BCUT2D eigenvalue weighted by Crippen LogP contribution is -2.38. The molecule has 1 unspecified atom stereocenters. The quantitative estimate of drug-likeness (QED) is 0.599. The van der Waals surface area contributed by atoms with Crippen molar-refractivity contribution in [2.24, 2.45) is 0 Å². The first-order chi connectivity index (χ1) is 5.25. The third-order valence-electron chi connectivity index (χ3n) is 2.01. The predicted octanol–water partition coefficient (Wildman–Crippen LogP) is -0.107. The average molecular weight is 156 g/mol. The number of ketones is 1. The zero-order chi connectivity index (χ0) is 8.27. The van der Waals surface area contributed by atoms with Crippen LogP contribution in [0.2, 0.25) is 0 Å². The third-order valence-corrected chi connectivity index (χ3v) is 2.01. The van der Waals surface area contributed by atoms with Crippen LogP contribution in [0.5, 0.6) is 0 Å². The van der Waals surface area contributed by atoms with Crippen LogP contribution in [0.4, 0.5) is 0 Å². The fourth-order valence-corrected chi connectivity index (χ4v) is 1.30. The summed E-state index contributed by atoms with van der Waals surface area (Å²) in [7, 11) is 0. The maximum atomic E-state index is 11.2. The van der Waals surface area contributed by atoms with E-state index in [0.29, 0.717) is 0 Å². The highest BCUT2D eigenvalue weighted by atomic mass is 16.3. The second-order valence-corrected chi connectivity index (χ2v) is 2.86. The summed E-state index contributed by atoms with van der Waals surface area (Å²) in [6.45, 7) is 4.37. The van der Waals surface area contributed by atoms with Gasteiger partial charge in [-0.2, -0.15) is 0 Å². The third kappa shape index (κ3) is 2.01. The van der Waals surface area contributed by atoms with Crippen molar-refractivity contribution in [3.8, 4) is 0 Å². The van der Waals surface area contributed by atoms with Gasteiger partial charge in [0.1, 0.15) is 6.10 Å². The van der Waals surface area contributed by atoms with Crippen LogP contribution < -0.4 is 5.32 Å². The lowest BCUT2D eigenvalue weighted by Gasteiger charge is -2.12. The molecule has 11 heavy (non-hydrogen) atoms. The summed E-state index contributed by atoms with van der Waals surface area (Å²) in [6, 6.07) is -0.119. The molecule has 1 rings (SSSR count). The van der Waals surface area contributed by atoms with Gasteiger partial charge in [0.15, 0.2) is 5.78 Å². The highest BCUT2D eigenvalue weighted by Gasteiger charge is 2.26. The Kier molecular flexibility index (Phi) is 3.02. The lowest BCUT2D eigenvalue weighted by molar-refractivity contribution is -0.128. The molecular formula is C8H14NO2. The van der Waals surface area contributed by atoms with Crippen LogP contribution >= 0.6 is 0 Å². The van der Waals surface area contributed by atoms with E-state index in [4.69, 9.17) is 5.11 Å². The normalized spacial score (nSPS) is 26.9. The van der Waals surface area contributed by atoms with Gasteiger partial charge < -0.3 is 10.4 Å². The maximum absolute atomic E-state index is 11.2. The molecule has 0 bridgehead atoms. The Balaban J connectivity index is 2.39. The van der Waals surface area contributed by atoms with Gasteiger partial charge in [-0.05, 0) is 25.8 Å². The Morgan fingerprint density at radius 3 is 3.00 bits per heavy atom. The van der Waals surface area contributed by atoms with E-state index in [9.17, 15) is 4.79 Å². The summed E-state index contributed by atoms with van der Waals surface area (Å²) in [6.07, 6.45) is 1.29. The molecule has 1 heterocycles. The molecule has 0 aromatic rings. The van der Waals surface area contributed by atoms with Crippen LogP contribution in [0.25, 0.3) is 0 Å².